The summed E-state index contributed by atoms with van der Waals surface area (Å²) in [5, 5.41) is 6.44. The molecule has 1 aromatic heterocycles. The van der Waals surface area contributed by atoms with E-state index in [1.165, 1.54) is 0 Å². The number of nitrogens with one attached hydrogen (secondary N) is 2. The standard InChI is InChI=1S/C11H17N3O/c1-8-5-9(12-2)6-10(14-8)11-7-13-3-4-15-11/h5-6,11,13H,3-4,7H2,1-2H3,(H,12,14). The topological polar surface area (TPSA) is 46.2 Å². The van der Waals surface area contributed by atoms with Gasteiger partial charge in [-0.1, -0.05) is 0 Å². The Kier molecular flexibility index (Phi) is 3.18. The van der Waals surface area contributed by atoms with E-state index >= 15 is 0 Å². The fourth-order valence-corrected chi connectivity index (χ4v) is 1.76. The number of anilines is 1. The summed E-state index contributed by atoms with van der Waals surface area (Å²) in [6.45, 7) is 4.54. The Morgan fingerprint density at radius 1 is 1.53 bits per heavy atom. The Balaban J connectivity index is 2.22. The third-order valence-corrected chi connectivity index (χ3v) is 2.52. The molecule has 0 saturated carbocycles. The van der Waals surface area contributed by atoms with Crippen LogP contribution in [0.2, 0.25) is 0 Å². The summed E-state index contributed by atoms with van der Waals surface area (Å²) in [5.41, 5.74) is 3.12. The Morgan fingerprint density at radius 2 is 2.40 bits per heavy atom. The second kappa shape index (κ2) is 4.59. The van der Waals surface area contributed by atoms with E-state index in [0.717, 1.165) is 36.8 Å². The van der Waals surface area contributed by atoms with E-state index in [1.807, 2.05) is 26.1 Å². The van der Waals surface area contributed by atoms with Gasteiger partial charge in [-0.05, 0) is 19.1 Å². The minimum Gasteiger partial charge on any atom is -0.388 e. The van der Waals surface area contributed by atoms with Gasteiger partial charge in [0.1, 0.15) is 6.10 Å². The minimum absolute atomic E-state index is 0.0887. The van der Waals surface area contributed by atoms with Gasteiger partial charge in [-0.3, -0.25) is 4.98 Å². The van der Waals surface area contributed by atoms with Crippen molar-refractivity contribution in [3.8, 4) is 0 Å². The van der Waals surface area contributed by atoms with Crippen LogP contribution in [0.5, 0.6) is 0 Å². The second-order valence-corrected chi connectivity index (χ2v) is 3.74. The molecule has 0 spiro atoms. The van der Waals surface area contributed by atoms with Crippen molar-refractivity contribution >= 4 is 5.69 Å². The Hall–Kier alpha value is -1.13. The van der Waals surface area contributed by atoms with Crippen LogP contribution in [0, 0.1) is 6.92 Å². The zero-order valence-electron chi connectivity index (χ0n) is 9.21. The summed E-state index contributed by atoms with van der Waals surface area (Å²) in [6.07, 6.45) is 0.0887. The molecule has 0 aromatic carbocycles. The molecule has 1 fully saturated rings. The number of aryl methyl sites for hydroxylation is 1. The van der Waals surface area contributed by atoms with Gasteiger partial charge in [-0.15, -0.1) is 0 Å². The highest BCUT2D eigenvalue weighted by Crippen LogP contribution is 2.20. The van der Waals surface area contributed by atoms with Gasteiger partial charge in [0, 0.05) is 31.5 Å². The van der Waals surface area contributed by atoms with Crippen LogP contribution in [0.25, 0.3) is 0 Å². The molecule has 0 bridgehead atoms. The molecule has 82 valence electrons. The monoisotopic (exact) mass is 207 g/mol. The highest BCUT2D eigenvalue weighted by molar-refractivity contribution is 5.45. The molecule has 2 rings (SSSR count). The maximum Gasteiger partial charge on any atom is 0.112 e. The fraction of sp³-hybridized carbons (Fsp3) is 0.545. The van der Waals surface area contributed by atoms with Crippen molar-refractivity contribution in [3.05, 3.63) is 23.5 Å². The maximum absolute atomic E-state index is 5.67. The molecule has 4 heteroatoms. The number of rotatable bonds is 2. The minimum atomic E-state index is 0.0887. The molecule has 2 heterocycles. The number of hydrogen-bond acceptors (Lipinski definition) is 4. The van der Waals surface area contributed by atoms with Gasteiger partial charge in [0.05, 0.1) is 12.3 Å². The van der Waals surface area contributed by atoms with Crippen LogP contribution in [0.15, 0.2) is 12.1 Å². The SMILES string of the molecule is CNc1cc(C)nc(C2CNCCO2)c1. The summed E-state index contributed by atoms with van der Waals surface area (Å²) in [5.74, 6) is 0. The van der Waals surface area contributed by atoms with Gasteiger partial charge < -0.3 is 15.4 Å². The van der Waals surface area contributed by atoms with Crippen molar-refractivity contribution in [2.24, 2.45) is 0 Å². The predicted molar refractivity (Wildman–Crippen MR) is 60.1 cm³/mol. The third kappa shape index (κ3) is 2.46. The highest BCUT2D eigenvalue weighted by atomic mass is 16.5. The molecular weight excluding hydrogens is 190 g/mol. The van der Waals surface area contributed by atoms with Gasteiger partial charge in [-0.2, -0.15) is 0 Å². The van der Waals surface area contributed by atoms with E-state index in [1.54, 1.807) is 0 Å². The zero-order valence-corrected chi connectivity index (χ0v) is 9.21. The first kappa shape index (κ1) is 10.4. The lowest BCUT2D eigenvalue weighted by Gasteiger charge is -2.23. The molecule has 0 amide bonds. The first-order valence-electron chi connectivity index (χ1n) is 5.28. The molecule has 1 unspecified atom stereocenters. The van der Waals surface area contributed by atoms with Crippen molar-refractivity contribution < 1.29 is 4.74 Å². The van der Waals surface area contributed by atoms with Crippen molar-refractivity contribution in [3.63, 3.8) is 0 Å². The van der Waals surface area contributed by atoms with Gasteiger partial charge in [0.25, 0.3) is 0 Å². The highest BCUT2D eigenvalue weighted by Gasteiger charge is 2.17. The van der Waals surface area contributed by atoms with E-state index in [2.05, 4.69) is 15.6 Å². The number of morpholine rings is 1. The van der Waals surface area contributed by atoms with E-state index < -0.39 is 0 Å². The Labute approximate surface area is 90.0 Å². The van der Waals surface area contributed by atoms with Crippen LogP contribution in [-0.2, 0) is 4.74 Å². The van der Waals surface area contributed by atoms with Gasteiger partial charge in [0.15, 0.2) is 0 Å². The molecule has 1 atom stereocenters. The number of pyridine rings is 1. The van der Waals surface area contributed by atoms with Crippen molar-refractivity contribution in [1.29, 1.82) is 0 Å². The molecule has 1 aromatic rings. The maximum atomic E-state index is 5.67. The average molecular weight is 207 g/mol. The van der Waals surface area contributed by atoms with E-state index in [0.29, 0.717) is 0 Å². The molecular formula is C11H17N3O. The van der Waals surface area contributed by atoms with E-state index in [4.69, 9.17) is 4.74 Å². The summed E-state index contributed by atoms with van der Waals surface area (Å²) >= 11 is 0. The Bertz CT molecular complexity index is 335. The number of hydrogen-bond donors (Lipinski definition) is 2. The smallest absolute Gasteiger partial charge is 0.112 e. The number of nitrogens with zero attached hydrogens (tertiary/aromatic N) is 1. The van der Waals surface area contributed by atoms with Crippen molar-refractivity contribution in [2.45, 2.75) is 13.0 Å². The quantitative estimate of drug-likeness (QED) is 0.762. The molecule has 1 saturated heterocycles. The van der Waals surface area contributed by atoms with E-state index in [9.17, 15) is 0 Å². The normalized spacial score (nSPS) is 21.3. The van der Waals surface area contributed by atoms with Crippen molar-refractivity contribution in [2.75, 3.05) is 32.1 Å². The lowest BCUT2D eigenvalue weighted by atomic mass is 10.1. The summed E-state index contributed by atoms with van der Waals surface area (Å²) in [4.78, 5) is 4.50. The molecule has 2 N–H and O–H groups in total. The van der Waals surface area contributed by atoms with Crippen LogP contribution in [-0.4, -0.2) is 31.7 Å². The number of aromatic nitrogens is 1. The molecule has 15 heavy (non-hydrogen) atoms. The van der Waals surface area contributed by atoms with Crippen LogP contribution >= 0.6 is 0 Å². The fourth-order valence-electron chi connectivity index (χ4n) is 1.76. The molecule has 0 aliphatic carbocycles. The first-order chi connectivity index (χ1) is 7.29. The second-order valence-electron chi connectivity index (χ2n) is 3.74. The van der Waals surface area contributed by atoms with E-state index in [-0.39, 0.29) is 6.10 Å². The number of ether oxygens (including phenoxy) is 1. The van der Waals surface area contributed by atoms with Gasteiger partial charge >= 0.3 is 0 Å². The third-order valence-electron chi connectivity index (χ3n) is 2.52. The summed E-state index contributed by atoms with van der Waals surface area (Å²) in [6, 6.07) is 4.07. The van der Waals surface area contributed by atoms with Crippen LogP contribution in [0.1, 0.15) is 17.5 Å². The van der Waals surface area contributed by atoms with Gasteiger partial charge in [-0.25, -0.2) is 0 Å². The lowest BCUT2D eigenvalue weighted by molar-refractivity contribution is 0.0250. The first-order valence-corrected chi connectivity index (χ1v) is 5.28. The Morgan fingerprint density at radius 3 is 3.07 bits per heavy atom. The largest absolute Gasteiger partial charge is 0.388 e. The average Bonchev–Trinajstić information content (AvgIpc) is 2.29. The van der Waals surface area contributed by atoms with Crippen LogP contribution in [0.4, 0.5) is 5.69 Å². The van der Waals surface area contributed by atoms with Gasteiger partial charge in [0.2, 0.25) is 0 Å². The molecule has 1 aliphatic heterocycles. The van der Waals surface area contributed by atoms with Crippen molar-refractivity contribution in [1.82, 2.24) is 10.3 Å². The van der Waals surface area contributed by atoms with Crippen LogP contribution in [0.3, 0.4) is 0 Å². The molecule has 0 radical (unpaired) electrons. The summed E-state index contributed by atoms with van der Waals surface area (Å²) in [7, 11) is 1.92. The summed E-state index contributed by atoms with van der Waals surface area (Å²) < 4.78 is 5.67. The molecule has 1 aliphatic rings. The predicted octanol–water partition coefficient (Wildman–Crippen LogP) is 1.09. The molecule has 4 nitrogen and oxygen atoms in total. The zero-order chi connectivity index (χ0) is 10.7. The lowest BCUT2D eigenvalue weighted by Crippen LogP contribution is -2.33. The van der Waals surface area contributed by atoms with Crippen LogP contribution < -0.4 is 10.6 Å².